The monoisotopic (exact) mass is 429 g/mol. The van der Waals surface area contributed by atoms with E-state index in [0.29, 0.717) is 11.3 Å². The average molecular weight is 430 g/mol. The minimum Gasteiger partial charge on any atom is -0.491 e. The van der Waals surface area contributed by atoms with Gasteiger partial charge in [-0.3, -0.25) is 4.79 Å². The van der Waals surface area contributed by atoms with E-state index in [1.807, 2.05) is 24.3 Å². The third kappa shape index (κ3) is 2.88. The highest BCUT2D eigenvalue weighted by molar-refractivity contribution is 9.10. The van der Waals surface area contributed by atoms with Gasteiger partial charge in [0.2, 0.25) is 0 Å². The minimum absolute atomic E-state index is 0.00464. The first-order valence-electron chi connectivity index (χ1n) is 8.75. The summed E-state index contributed by atoms with van der Waals surface area (Å²) in [6.07, 6.45) is -0.936. The summed E-state index contributed by atoms with van der Waals surface area (Å²) in [7, 11) is 0. The van der Waals surface area contributed by atoms with E-state index in [1.54, 1.807) is 12.1 Å². The van der Waals surface area contributed by atoms with Gasteiger partial charge in [0, 0.05) is 32.0 Å². The summed E-state index contributed by atoms with van der Waals surface area (Å²) in [6.45, 7) is 3.79. The van der Waals surface area contributed by atoms with Crippen LogP contribution in [0.1, 0.15) is 41.0 Å². The Bertz CT molecular complexity index is 1050. The van der Waals surface area contributed by atoms with Crippen LogP contribution >= 0.6 is 15.9 Å². The Morgan fingerprint density at radius 2 is 2.00 bits per heavy atom. The van der Waals surface area contributed by atoms with Crippen LogP contribution in [0.4, 0.5) is 0 Å². The van der Waals surface area contributed by atoms with Crippen molar-refractivity contribution in [3.8, 4) is 5.75 Å². The van der Waals surface area contributed by atoms with Gasteiger partial charge in [-0.15, -0.1) is 0 Å². The zero-order valence-electron chi connectivity index (χ0n) is 15.0. The Hall–Kier alpha value is -2.15. The second kappa shape index (κ2) is 6.48. The van der Waals surface area contributed by atoms with Gasteiger partial charge in [-0.2, -0.15) is 0 Å². The summed E-state index contributed by atoms with van der Waals surface area (Å²) in [5.41, 5.74) is 3.65. The summed E-state index contributed by atoms with van der Waals surface area (Å²) in [6, 6.07) is 11.2. The van der Waals surface area contributed by atoms with Crippen molar-refractivity contribution >= 4 is 32.6 Å². The largest absolute Gasteiger partial charge is 0.491 e. The normalized spacial score (nSPS) is 16.1. The number of rotatable bonds is 4. The fourth-order valence-corrected chi connectivity index (χ4v) is 4.08. The first kappa shape index (κ1) is 18.2. The first-order valence-corrected chi connectivity index (χ1v) is 9.55. The molecule has 0 aliphatic heterocycles. The number of carbonyl (C=O) groups excluding carboxylic acids is 1. The van der Waals surface area contributed by atoms with Gasteiger partial charge in [0.05, 0.1) is 12.2 Å². The summed E-state index contributed by atoms with van der Waals surface area (Å²) in [5.74, 6) is 0.555. The number of aliphatic hydroxyl groups is 2. The van der Waals surface area contributed by atoms with Crippen LogP contribution in [-0.2, 0) is 5.41 Å². The third-order valence-electron chi connectivity index (χ3n) is 5.17. The van der Waals surface area contributed by atoms with Crippen molar-refractivity contribution in [2.45, 2.75) is 25.4 Å². The van der Waals surface area contributed by atoms with E-state index in [1.165, 1.54) is 0 Å². The number of hydrogen-bond donors (Lipinski definition) is 3. The van der Waals surface area contributed by atoms with Crippen LogP contribution in [0.5, 0.6) is 5.75 Å². The van der Waals surface area contributed by atoms with Gasteiger partial charge in [0.15, 0.2) is 5.78 Å². The van der Waals surface area contributed by atoms with Crippen LogP contribution < -0.4 is 4.74 Å². The zero-order chi connectivity index (χ0) is 19.3. The number of ether oxygens (including phenoxy) is 1. The standard InChI is InChI=1S/C21H20BrNO4/c1-21(2)16-8-13(27-10-12(25)9-24)4-6-14(16)19(26)18-15-5-3-11(22)7-17(15)23-20(18)21/h3-8,12,23-25H,9-10H2,1-2H3/t12-/m1/s1. The lowest BCUT2D eigenvalue weighted by Gasteiger charge is -2.32. The summed E-state index contributed by atoms with van der Waals surface area (Å²) >= 11 is 3.48. The van der Waals surface area contributed by atoms with Gasteiger partial charge in [-0.05, 0) is 35.9 Å². The minimum atomic E-state index is -0.936. The molecule has 0 saturated heterocycles. The van der Waals surface area contributed by atoms with Crippen LogP contribution in [0.25, 0.3) is 10.9 Å². The Kier molecular flexibility index (Phi) is 4.37. The maximum atomic E-state index is 13.2. The molecule has 27 heavy (non-hydrogen) atoms. The van der Waals surface area contributed by atoms with Crippen LogP contribution in [-0.4, -0.2) is 40.3 Å². The lowest BCUT2D eigenvalue weighted by Crippen LogP contribution is -2.30. The Morgan fingerprint density at radius 1 is 1.22 bits per heavy atom. The van der Waals surface area contributed by atoms with E-state index in [-0.39, 0.29) is 19.0 Å². The average Bonchev–Trinajstić information content (AvgIpc) is 3.04. The van der Waals surface area contributed by atoms with Gasteiger partial charge >= 0.3 is 0 Å². The lowest BCUT2D eigenvalue weighted by atomic mass is 9.71. The quantitative estimate of drug-likeness (QED) is 0.592. The highest BCUT2D eigenvalue weighted by Gasteiger charge is 2.39. The highest BCUT2D eigenvalue weighted by Crippen LogP contribution is 2.44. The van der Waals surface area contributed by atoms with E-state index < -0.39 is 11.5 Å². The first-order chi connectivity index (χ1) is 12.8. The number of ketones is 1. The second-order valence-electron chi connectivity index (χ2n) is 7.37. The number of benzene rings is 2. The molecule has 5 nitrogen and oxygen atoms in total. The molecule has 0 fully saturated rings. The van der Waals surface area contributed by atoms with Crippen molar-refractivity contribution in [3.05, 3.63) is 63.3 Å². The topological polar surface area (TPSA) is 82.5 Å². The summed E-state index contributed by atoms with van der Waals surface area (Å²) in [5, 5.41) is 19.4. The summed E-state index contributed by atoms with van der Waals surface area (Å²) in [4.78, 5) is 16.7. The molecule has 2 aromatic carbocycles. The molecule has 1 aliphatic rings. The predicted molar refractivity (Wildman–Crippen MR) is 107 cm³/mol. The highest BCUT2D eigenvalue weighted by atomic mass is 79.9. The fourth-order valence-electron chi connectivity index (χ4n) is 3.72. The number of aromatic nitrogens is 1. The van der Waals surface area contributed by atoms with E-state index in [0.717, 1.165) is 32.2 Å². The fraction of sp³-hybridized carbons (Fsp3) is 0.286. The van der Waals surface area contributed by atoms with E-state index in [4.69, 9.17) is 9.84 Å². The molecular formula is C21H20BrNO4. The number of aliphatic hydroxyl groups excluding tert-OH is 2. The van der Waals surface area contributed by atoms with E-state index >= 15 is 0 Å². The van der Waals surface area contributed by atoms with E-state index in [2.05, 4.69) is 34.8 Å². The number of carbonyl (C=O) groups is 1. The van der Waals surface area contributed by atoms with Gasteiger partial charge in [-0.1, -0.05) is 35.8 Å². The molecule has 1 aromatic heterocycles. The number of aromatic amines is 1. The number of fused-ring (bicyclic) bond motifs is 4. The van der Waals surface area contributed by atoms with Crippen molar-refractivity contribution in [3.63, 3.8) is 0 Å². The summed E-state index contributed by atoms with van der Waals surface area (Å²) < 4.78 is 6.53. The zero-order valence-corrected chi connectivity index (χ0v) is 16.6. The third-order valence-corrected chi connectivity index (χ3v) is 5.67. The molecule has 0 bridgehead atoms. The molecule has 0 saturated carbocycles. The molecule has 3 aromatic rings. The maximum absolute atomic E-state index is 13.2. The number of halogens is 1. The molecule has 3 N–H and O–H groups in total. The van der Waals surface area contributed by atoms with Crippen LogP contribution in [0.2, 0.25) is 0 Å². The van der Waals surface area contributed by atoms with Crippen molar-refractivity contribution < 1.29 is 19.7 Å². The number of nitrogens with one attached hydrogen (secondary N) is 1. The molecule has 1 aliphatic carbocycles. The predicted octanol–water partition coefficient (Wildman–Crippen LogP) is 3.53. The maximum Gasteiger partial charge on any atom is 0.195 e. The van der Waals surface area contributed by atoms with Gasteiger partial charge < -0.3 is 19.9 Å². The smallest absolute Gasteiger partial charge is 0.195 e. The molecule has 0 radical (unpaired) electrons. The molecule has 0 unspecified atom stereocenters. The molecule has 0 spiro atoms. The van der Waals surface area contributed by atoms with Crippen LogP contribution in [0.15, 0.2) is 40.9 Å². The molecule has 1 heterocycles. The van der Waals surface area contributed by atoms with Crippen LogP contribution in [0.3, 0.4) is 0 Å². The van der Waals surface area contributed by atoms with Crippen molar-refractivity contribution in [2.75, 3.05) is 13.2 Å². The van der Waals surface area contributed by atoms with Crippen molar-refractivity contribution in [1.82, 2.24) is 4.98 Å². The van der Waals surface area contributed by atoms with Crippen molar-refractivity contribution in [1.29, 1.82) is 0 Å². The molecule has 6 heteroatoms. The Morgan fingerprint density at radius 3 is 2.74 bits per heavy atom. The lowest BCUT2D eigenvalue weighted by molar-refractivity contribution is 0.0535. The van der Waals surface area contributed by atoms with Crippen molar-refractivity contribution in [2.24, 2.45) is 0 Å². The van der Waals surface area contributed by atoms with Gasteiger partial charge in [-0.25, -0.2) is 0 Å². The van der Waals surface area contributed by atoms with Gasteiger partial charge in [0.1, 0.15) is 18.5 Å². The SMILES string of the molecule is CC1(C)c2cc(OC[C@H](O)CO)ccc2C(=O)c2c1[nH]c1cc(Br)ccc21. The van der Waals surface area contributed by atoms with E-state index in [9.17, 15) is 9.90 Å². The second-order valence-corrected chi connectivity index (χ2v) is 8.29. The molecule has 0 amide bonds. The molecular weight excluding hydrogens is 410 g/mol. The molecule has 1 atom stereocenters. The van der Waals surface area contributed by atoms with Crippen LogP contribution in [0, 0.1) is 0 Å². The van der Waals surface area contributed by atoms with Gasteiger partial charge in [0.25, 0.3) is 0 Å². The Balaban J connectivity index is 1.83. The Labute approximate surface area is 165 Å². The number of hydrogen-bond acceptors (Lipinski definition) is 4. The molecule has 140 valence electrons. The number of H-pyrrole nitrogens is 1. The molecule has 4 rings (SSSR count).